The molecular formula is C11H10ClFN2O. The van der Waals surface area contributed by atoms with Crippen LogP contribution < -0.4 is 5.73 Å². The fraction of sp³-hybridized carbons (Fsp3) is 0.182. The van der Waals surface area contributed by atoms with Gasteiger partial charge in [-0.2, -0.15) is 0 Å². The summed E-state index contributed by atoms with van der Waals surface area (Å²) >= 11 is 6.12. The summed E-state index contributed by atoms with van der Waals surface area (Å²) in [5.41, 5.74) is 7.15. The van der Waals surface area contributed by atoms with Crippen molar-refractivity contribution >= 4 is 28.2 Å². The number of hydrogen-bond acceptors (Lipinski definition) is 3. The molecule has 16 heavy (non-hydrogen) atoms. The van der Waals surface area contributed by atoms with Crippen molar-refractivity contribution in [2.45, 2.75) is 6.61 Å². The fourth-order valence-corrected chi connectivity index (χ4v) is 1.81. The lowest BCUT2D eigenvalue weighted by atomic mass is 10.1. The molecule has 2 N–H and O–H groups in total. The average Bonchev–Trinajstić information content (AvgIpc) is 2.23. The number of rotatable bonds is 2. The highest BCUT2D eigenvalue weighted by Crippen LogP contribution is 2.30. The Morgan fingerprint density at radius 1 is 1.50 bits per heavy atom. The lowest BCUT2D eigenvalue weighted by Crippen LogP contribution is -1.96. The SMILES string of the molecule is COCc1cnc2c(N)cc(F)cc2c1Cl. The molecule has 0 aliphatic rings. The van der Waals surface area contributed by atoms with E-state index in [4.69, 9.17) is 22.1 Å². The summed E-state index contributed by atoms with van der Waals surface area (Å²) in [6.07, 6.45) is 1.59. The highest BCUT2D eigenvalue weighted by Gasteiger charge is 2.10. The molecule has 1 aromatic heterocycles. The molecule has 0 amide bonds. The quantitative estimate of drug-likeness (QED) is 0.821. The zero-order valence-corrected chi connectivity index (χ0v) is 9.38. The topological polar surface area (TPSA) is 48.1 Å². The maximum absolute atomic E-state index is 13.2. The second-order valence-electron chi connectivity index (χ2n) is 3.42. The van der Waals surface area contributed by atoms with Gasteiger partial charge < -0.3 is 10.5 Å². The smallest absolute Gasteiger partial charge is 0.126 e. The van der Waals surface area contributed by atoms with Crippen LogP contribution in [0.3, 0.4) is 0 Å². The second-order valence-corrected chi connectivity index (χ2v) is 3.80. The average molecular weight is 241 g/mol. The molecule has 5 heteroatoms. The molecule has 0 saturated carbocycles. The summed E-state index contributed by atoms with van der Waals surface area (Å²) < 4.78 is 18.2. The van der Waals surface area contributed by atoms with Gasteiger partial charge in [0.1, 0.15) is 5.82 Å². The number of pyridine rings is 1. The van der Waals surface area contributed by atoms with Crippen molar-refractivity contribution in [2.75, 3.05) is 12.8 Å². The van der Waals surface area contributed by atoms with Crippen LogP contribution in [0.5, 0.6) is 0 Å². The minimum Gasteiger partial charge on any atom is -0.397 e. The van der Waals surface area contributed by atoms with E-state index < -0.39 is 5.82 Å². The van der Waals surface area contributed by atoms with Crippen LogP contribution in [0, 0.1) is 5.82 Å². The molecule has 3 nitrogen and oxygen atoms in total. The number of benzene rings is 1. The van der Waals surface area contributed by atoms with Crippen LogP contribution in [0.4, 0.5) is 10.1 Å². The first-order valence-electron chi connectivity index (χ1n) is 4.64. The van der Waals surface area contributed by atoms with E-state index >= 15 is 0 Å². The van der Waals surface area contributed by atoms with Gasteiger partial charge in [-0.3, -0.25) is 4.98 Å². The summed E-state index contributed by atoms with van der Waals surface area (Å²) in [4.78, 5) is 4.15. The highest BCUT2D eigenvalue weighted by molar-refractivity contribution is 6.36. The van der Waals surface area contributed by atoms with Gasteiger partial charge in [-0.25, -0.2) is 4.39 Å². The molecule has 0 fully saturated rings. The molecule has 0 aliphatic carbocycles. The maximum Gasteiger partial charge on any atom is 0.126 e. The number of nitrogens with zero attached hydrogens (tertiary/aromatic N) is 1. The third-order valence-electron chi connectivity index (χ3n) is 2.27. The predicted molar refractivity (Wildman–Crippen MR) is 61.8 cm³/mol. The second kappa shape index (κ2) is 4.23. The molecule has 0 unspecified atom stereocenters. The van der Waals surface area contributed by atoms with E-state index in [1.807, 2.05) is 0 Å². The monoisotopic (exact) mass is 240 g/mol. The van der Waals surface area contributed by atoms with E-state index in [1.54, 1.807) is 13.3 Å². The fourth-order valence-electron chi connectivity index (χ4n) is 1.56. The van der Waals surface area contributed by atoms with Crippen molar-refractivity contribution in [2.24, 2.45) is 0 Å². The van der Waals surface area contributed by atoms with Crippen molar-refractivity contribution in [3.8, 4) is 0 Å². The number of hydrogen-bond donors (Lipinski definition) is 1. The summed E-state index contributed by atoms with van der Waals surface area (Å²) in [5.74, 6) is -0.428. The third-order valence-corrected chi connectivity index (χ3v) is 2.72. The standard InChI is InChI=1S/C11H10ClFN2O/c1-16-5-6-4-15-11-8(10(6)12)2-7(13)3-9(11)14/h2-4H,5,14H2,1H3. The first-order valence-corrected chi connectivity index (χ1v) is 5.02. The van der Waals surface area contributed by atoms with E-state index in [0.29, 0.717) is 28.1 Å². The Balaban J connectivity index is 2.73. The molecule has 2 aromatic rings. The van der Waals surface area contributed by atoms with Crippen molar-refractivity contribution in [3.63, 3.8) is 0 Å². The molecule has 0 atom stereocenters. The molecule has 1 aromatic carbocycles. The van der Waals surface area contributed by atoms with Gasteiger partial charge >= 0.3 is 0 Å². The first-order chi connectivity index (χ1) is 7.63. The predicted octanol–water partition coefficient (Wildman–Crippen LogP) is 2.76. The third kappa shape index (κ3) is 1.81. The van der Waals surface area contributed by atoms with Gasteiger partial charge in [0.25, 0.3) is 0 Å². The molecule has 84 valence electrons. The largest absolute Gasteiger partial charge is 0.397 e. The Morgan fingerprint density at radius 3 is 2.94 bits per heavy atom. The van der Waals surface area contributed by atoms with Crippen LogP contribution in [0.15, 0.2) is 18.3 Å². The van der Waals surface area contributed by atoms with Crippen LogP contribution in [0.25, 0.3) is 10.9 Å². The molecule has 2 rings (SSSR count). The van der Waals surface area contributed by atoms with Gasteiger partial charge in [0.15, 0.2) is 0 Å². The normalized spacial score (nSPS) is 10.9. The van der Waals surface area contributed by atoms with Gasteiger partial charge in [-0.15, -0.1) is 0 Å². The van der Waals surface area contributed by atoms with Gasteiger partial charge in [-0.05, 0) is 12.1 Å². The van der Waals surface area contributed by atoms with Crippen molar-refractivity contribution < 1.29 is 9.13 Å². The number of aromatic nitrogens is 1. The Kier molecular flexibility index (Phi) is 2.94. The minimum atomic E-state index is -0.428. The molecular weight excluding hydrogens is 231 g/mol. The maximum atomic E-state index is 13.2. The number of fused-ring (bicyclic) bond motifs is 1. The van der Waals surface area contributed by atoms with E-state index in [2.05, 4.69) is 4.98 Å². The van der Waals surface area contributed by atoms with Gasteiger partial charge in [0.05, 0.1) is 22.8 Å². The minimum absolute atomic E-state index is 0.279. The zero-order chi connectivity index (χ0) is 11.7. The molecule has 0 radical (unpaired) electrons. The number of halogens is 2. The van der Waals surface area contributed by atoms with Gasteiger partial charge in [0, 0.05) is 24.3 Å². The van der Waals surface area contributed by atoms with Crippen molar-refractivity contribution in [1.29, 1.82) is 0 Å². The van der Waals surface area contributed by atoms with Crippen molar-refractivity contribution in [1.82, 2.24) is 4.98 Å². The van der Waals surface area contributed by atoms with E-state index in [1.165, 1.54) is 12.1 Å². The zero-order valence-electron chi connectivity index (χ0n) is 8.63. The molecule has 0 spiro atoms. The first kappa shape index (κ1) is 11.1. The number of nitrogen functional groups attached to an aromatic ring is 1. The van der Waals surface area contributed by atoms with E-state index in [-0.39, 0.29) is 5.69 Å². The Hall–Kier alpha value is -1.39. The summed E-state index contributed by atoms with van der Waals surface area (Å²) in [6.45, 7) is 0.332. The number of ether oxygens (including phenoxy) is 1. The summed E-state index contributed by atoms with van der Waals surface area (Å²) in [6, 6.07) is 2.54. The van der Waals surface area contributed by atoms with Crippen LogP contribution >= 0.6 is 11.6 Å². The Labute approximate surface area is 97.0 Å². The molecule has 0 aliphatic heterocycles. The summed E-state index contributed by atoms with van der Waals surface area (Å²) in [7, 11) is 1.56. The van der Waals surface area contributed by atoms with E-state index in [9.17, 15) is 4.39 Å². The van der Waals surface area contributed by atoms with Gasteiger partial charge in [-0.1, -0.05) is 11.6 Å². The summed E-state index contributed by atoms with van der Waals surface area (Å²) in [5, 5.41) is 0.937. The van der Waals surface area contributed by atoms with Crippen LogP contribution in [-0.2, 0) is 11.3 Å². The molecule has 0 saturated heterocycles. The lowest BCUT2D eigenvalue weighted by molar-refractivity contribution is 0.185. The highest BCUT2D eigenvalue weighted by atomic mass is 35.5. The Bertz CT molecular complexity index is 545. The Morgan fingerprint density at radius 2 is 2.25 bits per heavy atom. The van der Waals surface area contributed by atoms with Crippen LogP contribution in [0.1, 0.15) is 5.56 Å². The van der Waals surface area contributed by atoms with Gasteiger partial charge in [0.2, 0.25) is 0 Å². The number of methoxy groups -OCH3 is 1. The number of anilines is 1. The molecule has 1 heterocycles. The van der Waals surface area contributed by atoms with Crippen LogP contribution in [0.2, 0.25) is 5.02 Å². The molecule has 0 bridgehead atoms. The van der Waals surface area contributed by atoms with Crippen LogP contribution in [-0.4, -0.2) is 12.1 Å². The van der Waals surface area contributed by atoms with E-state index in [0.717, 1.165) is 0 Å². The van der Waals surface area contributed by atoms with Crippen molar-refractivity contribution in [3.05, 3.63) is 34.7 Å². The lowest BCUT2D eigenvalue weighted by Gasteiger charge is -2.08. The number of nitrogens with two attached hydrogens (primary N) is 1.